The van der Waals surface area contributed by atoms with Crippen LogP contribution >= 0.6 is 11.6 Å². The Morgan fingerprint density at radius 2 is 1.92 bits per heavy atom. The molecule has 0 aliphatic carbocycles. The van der Waals surface area contributed by atoms with Gasteiger partial charge in [-0.25, -0.2) is 14.4 Å². The molecular weight excluding hydrogens is 492 g/mol. The summed E-state index contributed by atoms with van der Waals surface area (Å²) in [5.74, 6) is 5.02. The van der Waals surface area contributed by atoms with Gasteiger partial charge in [0.25, 0.3) is 5.91 Å². The van der Waals surface area contributed by atoms with Gasteiger partial charge in [0.15, 0.2) is 0 Å². The van der Waals surface area contributed by atoms with Gasteiger partial charge in [-0.3, -0.25) is 4.79 Å². The van der Waals surface area contributed by atoms with Crippen molar-refractivity contribution in [2.75, 3.05) is 6.54 Å². The minimum atomic E-state index is -0.771. The molecule has 4 N–H and O–H groups in total. The molecule has 37 heavy (non-hydrogen) atoms. The molecule has 2 heterocycles. The van der Waals surface area contributed by atoms with Gasteiger partial charge in [-0.2, -0.15) is 0 Å². The van der Waals surface area contributed by atoms with Gasteiger partial charge in [-0.15, -0.1) is 0 Å². The Bertz CT molecular complexity index is 1430. The molecule has 4 rings (SSSR count). The van der Waals surface area contributed by atoms with Crippen LogP contribution in [-0.4, -0.2) is 47.3 Å². The number of aromatic nitrogens is 1. The molecule has 1 aromatic heterocycles. The lowest BCUT2D eigenvalue weighted by Gasteiger charge is -2.25. The summed E-state index contributed by atoms with van der Waals surface area (Å²) in [6.45, 7) is 0.630. The van der Waals surface area contributed by atoms with Gasteiger partial charge < -0.3 is 20.9 Å². The summed E-state index contributed by atoms with van der Waals surface area (Å²) < 4.78 is 0. The molecule has 0 spiro atoms. The Balaban J connectivity index is 1.58. The summed E-state index contributed by atoms with van der Waals surface area (Å²) in [5.41, 5.74) is 2.46. The molecule has 3 aromatic rings. The molecule has 1 aliphatic heterocycles. The molecule has 2 unspecified atom stereocenters. The number of nitrogens with one attached hydrogen (secondary N) is 4. The Kier molecular flexibility index (Phi) is 8.42. The number of H-pyrrole nitrogens is 1. The lowest BCUT2D eigenvalue weighted by atomic mass is 9.95. The maximum Gasteiger partial charge on any atom is 0.268 e. The summed E-state index contributed by atoms with van der Waals surface area (Å²) in [7, 11) is 0. The molecule has 1 amide bonds. The third kappa shape index (κ3) is 6.47. The summed E-state index contributed by atoms with van der Waals surface area (Å²) in [6.07, 6.45) is 2.63. The number of hydrogen-bond acceptors (Lipinski definition) is 6. The average molecular weight is 517 g/mol. The van der Waals surface area contributed by atoms with Crippen LogP contribution in [0.4, 0.5) is 0 Å². The molecule has 0 saturated carbocycles. The number of benzene rings is 2. The lowest BCUT2D eigenvalue weighted by Crippen LogP contribution is -2.45. The number of hydrogen-bond donors (Lipinski definition) is 4. The monoisotopic (exact) mass is 516 g/mol. The van der Waals surface area contributed by atoms with Gasteiger partial charge in [0.1, 0.15) is 29.2 Å². The third-order valence-electron chi connectivity index (χ3n) is 6.35. The zero-order valence-corrected chi connectivity index (χ0v) is 20.6. The van der Waals surface area contributed by atoms with Crippen LogP contribution in [0.25, 0.3) is 10.9 Å². The lowest BCUT2D eigenvalue weighted by molar-refractivity contribution is 0.0937. The number of halogens is 1. The highest BCUT2D eigenvalue weighted by Gasteiger charge is 2.27. The van der Waals surface area contributed by atoms with Crippen LogP contribution in [0.3, 0.4) is 0 Å². The molecule has 8 nitrogen and oxygen atoms in total. The maximum atomic E-state index is 13.2. The van der Waals surface area contributed by atoms with Gasteiger partial charge in [0.05, 0.1) is 17.8 Å². The number of rotatable bonds is 10. The van der Waals surface area contributed by atoms with Crippen molar-refractivity contribution in [1.82, 2.24) is 20.9 Å². The second-order valence-electron chi connectivity index (χ2n) is 8.85. The van der Waals surface area contributed by atoms with Crippen LogP contribution in [-0.2, 0) is 20.8 Å². The van der Waals surface area contributed by atoms with E-state index in [0.717, 1.165) is 16.5 Å². The highest BCUT2D eigenvalue weighted by Crippen LogP contribution is 2.24. The van der Waals surface area contributed by atoms with Crippen LogP contribution in [0.2, 0.25) is 5.02 Å². The first-order valence-corrected chi connectivity index (χ1v) is 12.2. The Labute approximate surface area is 218 Å². The largest absolute Gasteiger partial charge is 0.379 e. The van der Waals surface area contributed by atoms with Crippen molar-refractivity contribution >= 4 is 46.2 Å². The van der Waals surface area contributed by atoms with E-state index < -0.39 is 18.0 Å². The van der Waals surface area contributed by atoms with E-state index >= 15 is 0 Å². The predicted octanol–water partition coefficient (Wildman–Crippen LogP) is 2.94. The highest BCUT2D eigenvalue weighted by atomic mass is 35.5. The summed E-state index contributed by atoms with van der Waals surface area (Å²) in [6, 6.07) is 15.0. The predicted molar refractivity (Wildman–Crippen MR) is 141 cm³/mol. The van der Waals surface area contributed by atoms with E-state index in [1.165, 1.54) is 6.08 Å². The second kappa shape index (κ2) is 12.1. The van der Waals surface area contributed by atoms with Crippen molar-refractivity contribution in [1.29, 1.82) is 0 Å². The third-order valence-corrected chi connectivity index (χ3v) is 6.58. The number of aromatic amines is 1. The number of carbonyl (C=O) groups is 1. The minimum Gasteiger partial charge on any atom is -0.379 e. The second-order valence-corrected chi connectivity index (χ2v) is 9.28. The molecule has 1 aliphatic rings. The standard InChI is InChI=1S/C28H25ClN4O4/c29-21-6-7-23-20(13-21)15-25(32-23)28(37)33-24(12-18-4-2-1-3-5-18)27(17-36)31-22(9-11-34)14-19-8-10-30-26(19)16-35/h1-7,9,13,15,19,22,24,30-32H,8,10,12,14H2,(H,33,37)/t19-,22?,24?/m0/s1. The average Bonchev–Trinajstić information content (AvgIpc) is 3.53. The number of allylic oxidation sites excluding steroid dienone is 1. The maximum absolute atomic E-state index is 13.2. The van der Waals surface area contributed by atoms with Gasteiger partial charge in [0, 0.05) is 34.5 Å². The van der Waals surface area contributed by atoms with Crippen molar-refractivity contribution in [3.8, 4) is 0 Å². The van der Waals surface area contributed by atoms with Crippen molar-refractivity contribution in [3.63, 3.8) is 0 Å². The molecule has 1 fully saturated rings. The normalized spacial score (nSPS) is 16.0. The number of fused-ring (bicyclic) bond motifs is 1. The summed E-state index contributed by atoms with van der Waals surface area (Å²) in [4.78, 5) is 50.9. The summed E-state index contributed by atoms with van der Waals surface area (Å²) in [5, 5.41) is 10.3. The topological polar surface area (TPSA) is 120 Å². The van der Waals surface area contributed by atoms with E-state index in [2.05, 4.69) is 20.9 Å². The first-order chi connectivity index (χ1) is 18.0. The van der Waals surface area contributed by atoms with E-state index in [1.54, 1.807) is 30.2 Å². The minimum absolute atomic E-state index is 0.0791. The fraction of sp³-hybridized carbons (Fsp3) is 0.250. The molecule has 3 atom stereocenters. The molecule has 2 aromatic carbocycles. The van der Waals surface area contributed by atoms with E-state index in [-0.39, 0.29) is 11.6 Å². The SMILES string of the molecule is O=C=CC(C[C@@H]1CCNC1=C=O)NC(=C=O)C(Cc1ccccc1)NC(=O)c1cc2cc(Cl)ccc2[nH]1. The highest BCUT2D eigenvalue weighted by molar-refractivity contribution is 6.31. The first-order valence-electron chi connectivity index (χ1n) is 11.8. The number of amides is 1. The number of carbonyl (C=O) groups excluding carboxylic acids is 4. The zero-order chi connectivity index (χ0) is 26.2. The van der Waals surface area contributed by atoms with Gasteiger partial charge >= 0.3 is 0 Å². The first kappa shape index (κ1) is 25.8. The Hall–Kier alpha value is -4.31. The van der Waals surface area contributed by atoms with Gasteiger partial charge in [-0.05, 0) is 49.1 Å². The van der Waals surface area contributed by atoms with Crippen LogP contribution in [0.5, 0.6) is 0 Å². The van der Waals surface area contributed by atoms with Gasteiger partial charge in [-0.1, -0.05) is 41.9 Å². The van der Waals surface area contributed by atoms with Crippen molar-refractivity contribution < 1.29 is 19.2 Å². The molecular formula is C28H25ClN4O4. The zero-order valence-electron chi connectivity index (χ0n) is 19.8. The fourth-order valence-corrected chi connectivity index (χ4v) is 4.70. The molecule has 0 bridgehead atoms. The molecule has 1 saturated heterocycles. The quantitative estimate of drug-likeness (QED) is 0.308. The van der Waals surface area contributed by atoms with Crippen LogP contribution in [0.1, 0.15) is 28.9 Å². The molecule has 0 radical (unpaired) electrons. The molecule has 188 valence electrons. The fourth-order valence-electron chi connectivity index (χ4n) is 4.52. The van der Waals surface area contributed by atoms with E-state index in [0.29, 0.717) is 42.2 Å². The summed E-state index contributed by atoms with van der Waals surface area (Å²) >= 11 is 6.07. The molecule has 9 heteroatoms. The Morgan fingerprint density at radius 3 is 2.65 bits per heavy atom. The van der Waals surface area contributed by atoms with E-state index in [4.69, 9.17) is 11.6 Å². The van der Waals surface area contributed by atoms with Crippen molar-refractivity contribution in [3.05, 3.63) is 88.3 Å². The van der Waals surface area contributed by atoms with Crippen molar-refractivity contribution in [2.45, 2.75) is 31.3 Å². The van der Waals surface area contributed by atoms with Crippen LogP contribution < -0.4 is 16.0 Å². The van der Waals surface area contributed by atoms with Crippen LogP contribution in [0, 0.1) is 5.92 Å². The smallest absolute Gasteiger partial charge is 0.268 e. The van der Waals surface area contributed by atoms with Gasteiger partial charge in [0.2, 0.25) is 0 Å². The van der Waals surface area contributed by atoms with E-state index in [9.17, 15) is 19.2 Å². The van der Waals surface area contributed by atoms with Crippen molar-refractivity contribution in [2.24, 2.45) is 5.92 Å². The van der Waals surface area contributed by atoms with E-state index in [1.807, 2.05) is 42.2 Å². The van der Waals surface area contributed by atoms with Crippen LogP contribution in [0.15, 0.2) is 72.1 Å². The Morgan fingerprint density at radius 1 is 1.11 bits per heavy atom.